The molecular formula is C15H25N3O4S2. The Morgan fingerprint density at radius 2 is 1.75 bits per heavy atom. The summed E-state index contributed by atoms with van der Waals surface area (Å²) < 4.78 is 53.2. The van der Waals surface area contributed by atoms with Crippen LogP contribution in [-0.4, -0.2) is 65.2 Å². The van der Waals surface area contributed by atoms with Gasteiger partial charge >= 0.3 is 0 Å². The molecule has 1 aliphatic heterocycles. The molecule has 0 bridgehead atoms. The zero-order valence-electron chi connectivity index (χ0n) is 14.3. The van der Waals surface area contributed by atoms with Gasteiger partial charge in [0, 0.05) is 33.2 Å². The van der Waals surface area contributed by atoms with Gasteiger partial charge in [-0.25, -0.2) is 21.1 Å². The summed E-state index contributed by atoms with van der Waals surface area (Å²) in [6, 6.07) is 5.49. The molecule has 1 aliphatic rings. The van der Waals surface area contributed by atoms with Gasteiger partial charge in [0.05, 0.1) is 9.79 Å². The van der Waals surface area contributed by atoms with E-state index in [4.69, 9.17) is 0 Å². The van der Waals surface area contributed by atoms with Gasteiger partial charge in [0.15, 0.2) is 0 Å². The van der Waals surface area contributed by atoms with Crippen molar-refractivity contribution >= 4 is 20.0 Å². The maximum atomic E-state index is 13.0. The molecule has 0 aromatic heterocycles. The second kappa shape index (κ2) is 7.49. The lowest BCUT2D eigenvalue weighted by molar-refractivity contribution is 0.335. The van der Waals surface area contributed by atoms with Gasteiger partial charge in [-0.3, -0.25) is 0 Å². The van der Waals surface area contributed by atoms with E-state index in [0.717, 1.165) is 17.3 Å². The summed E-state index contributed by atoms with van der Waals surface area (Å²) in [4.78, 5) is 0.000320. The highest BCUT2D eigenvalue weighted by Crippen LogP contribution is 2.24. The Balaban J connectivity index is 2.44. The van der Waals surface area contributed by atoms with Crippen LogP contribution in [-0.2, 0) is 20.0 Å². The van der Waals surface area contributed by atoms with E-state index >= 15 is 0 Å². The molecule has 0 spiro atoms. The summed E-state index contributed by atoms with van der Waals surface area (Å²) in [5.74, 6) is 0. The average molecular weight is 376 g/mol. The highest BCUT2D eigenvalue weighted by Gasteiger charge is 2.33. The van der Waals surface area contributed by atoms with Crippen LogP contribution in [0.4, 0.5) is 0 Å². The summed E-state index contributed by atoms with van der Waals surface area (Å²) in [7, 11) is -4.58. The van der Waals surface area contributed by atoms with Gasteiger partial charge in [-0.2, -0.15) is 4.31 Å². The van der Waals surface area contributed by atoms with Crippen LogP contribution in [0.1, 0.15) is 19.8 Å². The fourth-order valence-corrected chi connectivity index (χ4v) is 5.56. The van der Waals surface area contributed by atoms with Gasteiger partial charge in [0.2, 0.25) is 20.0 Å². The smallest absolute Gasteiger partial charge is 0.243 e. The first-order chi connectivity index (χ1) is 11.2. The van der Waals surface area contributed by atoms with Gasteiger partial charge in [0.25, 0.3) is 0 Å². The van der Waals surface area contributed by atoms with Gasteiger partial charge in [0.1, 0.15) is 0 Å². The quantitative estimate of drug-likeness (QED) is 0.758. The lowest BCUT2D eigenvalue weighted by Gasteiger charge is -2.27. The van der Waals surface area contributed by atoms with Crippen LogP contribution in [0.25, 0.3) is 0 Å². The molecule has 1 unspecified atom stereocenters. The molecule has 1 aromatic carbocycles. The number of sulfonamides is 2. The lowest BCUT2D eigenvalue weighted by Crippen LogP contribution is -2.42. The predicted molar refractivity (Wildman–Crippen MR) is 92.8 cm³/mol. The summed E-state index contributed by atoms with van der Waals surface area (Å²) in [6.45, 7) is 3.75. The Bertz CT molecular complexity index is 770. The highest BCUT2D eigenvalue weighted by atomic mass is 32.2. The van der Waals surface area contributed by atoms with Gasteiger partial charge < -0.3 is 5.32 Å². The Morgan fingerprint density at radius 1 is 1.12 bits per heavy atom. The molecule has 0 saturated carbocycles. The van der Waals surface area contributed by atoms with Crippen molar-refractivity contribution in [3.05, 3.63) is 24.3 Å². The van der Waals surface area contributed by atoms with E-state index < -0.39 is 20.0 Å². The number of nitrogens with zero attached hydrogens (tertiary/aromatic N) is 2. The standard InChI is InChI=1S/C15H25N3O4S2/c1-4-10-18(13-8-9-16-12-13)24(21,22)15-7-5-6-14(11-15)23(19,20)17(2)3/h5-7,11,13,16H,4,8-10,12H2,1-3H3. The average Bonchev–Trinajstić information content (AvgIpc) is 3.06. The number of rotatable bonds is 7. The number of hydrogen-bond donors (Lipinski definition) is 1. The van der Waals surface area contributed by atoms with Crippen LogP contribution in [0.5, 0.6) is 0 Å². The van der Waals surface area contributed by atoms with Crippen molar-refractivity contribution in [2.75, 3.05) is 33.7 Å². The number of hydrogen-bond acceptors (Lipinski definition) is 5. The first-order valence-corrected chi connectivity index (χ1v) is 10.8. The molecule has 7 nitrogen and oxygen atoms in total. The van der Waals surface area contributed by atoms with Crippen LogP contribution < -0.4 is 5.32 Å². The van der Waals surface area contributed by atoms with Crippen LogP contribution in [0, 0.1) is 0 Å². The lowest BCUT2D eigenvalue weighted by atomic mass is 10.2. The van der Waals surface area contributed by atoms with Crippen molar-refractivity contribution in [3.63, 3.8) is 0 Å². The summed E-state index contributed by atoms with van der Waals surface area (Å²) in [5, 5.41) is 3.18. The van der Waals surface area contributed by atoms with Crippen molar-refractivity contribution in [3.8, 4) is 0 Å². The van der Waals surface area contributed by atoms with E-state index in [1.165, 1.54) is 42.7 Å². The molecule has 9 heteroatoms. The molecule has 0 radical (unpaired) electrons. The summed E-state index contributed by atoms with van der Waals surface area (Å²) in [5.41, 5.74) is 0. The molecule has 1 atom stereocenters. The van der Waals surface area contributed by atoms with E-state index in [2.05, 4.69) is 5.32 Å². The summed E-state index contributed by atoms with van der Waals surface area (Å²) in [6.07, 6.45) is 1.46. The van der Waals surface area contributed by atoms with E-state index in [-0.39, 0.29) is 15.8 Å². The minimum absolute atomic E-state index is 0.0189. The zero-order chi connectivity index (χ0) is 18.0. The maximum absolute atomic E-state index is 13.0. The Hall–Kier alpha value is -1.00. The fourth-order valence-electron chi connectivity index (χ4n) is 2.75. The Labute approximate surface area is 144 Å². The van der Waals surface area contributed by atoms with Crippen molar-refractivity contribution in [2.24, 2.45) is 0 Å². The number of nitrogens with one attached hydrogen (secondary N) is 1. The Morgan fingerprint density at radius 3 is 2.25 bits per heavy atom. The molecule has 1 N–H and O–H groups in total. The molecule has 24 heavy (non-hydrogen) atoms. The molecule has 1 saturated heterocycles. The molecule has 136 valence electrons. The third kappa shape index (κ3) is 3.80. The van der Waals surface area contributed by atoms with Crippen molar-refractivity contribution in [1.29, 1.82) is 0 Å². The second-order valence-electron chi connectivity index (χ2n) is 6.02. The Kier molecular flexibility index (Phi) is 6.03. The van der Waals surface area contributed by atoms with E-state index in [0.29, 0.717) is 19.5 Å². The van der Waals surface area contributed by atoms with Gasteiger partial charge in [-0.15, -0.1) is 0 Å². The SMILES string of the molecule is CCCN(C1CCNC1)S(=O)(=O)c1cccc(S(=O)(=O)N(C)C)c1. The minimum atomic E-state index is -3.74. The molecule has 2 rings (SSSR count). The minimum Gasteiger partial charge on any atom is -0.315 e. The normalized spacial score (nSPS) is 19.3. The first kappa shape index (κ1) is 19.3. The topological polar surface area (TPSA) is 86.8 Å². The molecule has 1 fully saturated rings. The fraction of sp³-hybridized carbons (Fsp3) is 0.600. The zero-order valence-corrected chi connectivity index (χ0v) is 15.9. The van der Waals surface area contributed by atoms with E-state index in [1.54, 1.807) is 0 Å². The van der Waals surface area contributed by atoms with Crippen molar-refractivity contribution < 1.29 is 16.8 Å². The largest absolute Gasteiger partial charge is 0.315 e. The second-order valence-corrected chi connectivity index (χ2v) is 10.1. The molecule has 0 amide bonds. The van der Waals surface area contributed by atoms with Crippen molar-refractivity contribution in [2.45, 2.75) is 35.6 Å². The van der Waals surface area contributed by atoms with Gasteiger partial charge in [-0.05, 0) is 37.6 Å². The predicted octanol–water partition coefficient (Wildman–Crippen LogP) is 0.700. The third-order valence-corrected chi connectivity index (χ3v) is 7.84. The van der Waals surface area contributed by atoms with Crippen molar-refractivity contribution in [1.82, 2.24) is 13.9 Å². The van der Waals surface area contributed by atoms with Crippen LogP contribution in [0.15, 0.2) is 34.1 Å². The van der Waals surface area contributed by atoms with E-state index in [1.807, 2.05) is 6.92 Å². The van der Waals surface area contributed by atoms with Gasteiger partial charge in [-0.1, -0.05) is 13.0 Å². The molecule has 0 aliphatic carbocycles. The van der Waals surface area contributed by atoms with Crippen LogP contribution in [0.2, 0.25) is 0 Å². The third-order valence-electron chi connectivity index (χ3n) is 4.08. The number of benzene rings is 1. The molecule has 1 heterocycles. The summed E-state index contributed by atoms with van der Waals surface area (Å²) >= 11 is 0. The first-order valence-electron chi connectivity index (χ1n) is 7.96. The molecule has 1 aromatic rings. The van der Waals surface area contributed by atoms with Crippen LogP contribution in [0.3, 0.4) is 0 Å². The monoisotopic (exact) mass is 375 g/mol. The highest BCUT2D eigenvalue weighted by molar-refractivity contribution is 7.90. The maximum Gasteiger partial charge on any atom is 0.243 e. The van der Waals surface area contributed by atoms with E-state index in [9.17, 15) is 16.8 Å². The molecular weight excluding hydrogens is 350 g/mol. The van der Waals surface area contributed by atoms with Crippen LogP contribution >= 0.6 is 0 Å².